The molecule has 0 unspecified atom stereocenters. The largest absolute Gasteiger partial charge is 0.444 e. The first kappa shape index (κ1) is 23.6. The van der Waals surface area contributed by atoms with E-state index in [1.807, 2.05) is 56.0 Å². The van der Waals surface area contributed by atoms with Crippen molar-refractivity contribution in [3.8, 4) is 0 Å². The average Bonchev–Trinajstić information content (AvgIpc) is 3.07. The van der Waals surface area contributed by atoms with E-state index < -0.39 is 11.4 Å². The Morgan fingerprint density at radius 3 is 2.46 bits per heavy atom. The Balaban J connectivity index is 1.53. The fourth-order valence-electron chi connectivity index (χ4n) is 5.19. The highest BCUT2D eigenvalue weighted by Crippen LogP contribution is 2.37. The average molecular weight is 499 g/mol. The molecule has 0 radical (unpaired) electrons. The molecule has 2 bridgehead atoms. The molecule has 0 saturated carbocycles. The van der Waals surface area contributed by atoms with Crippen LogP contribution in [0.5, 0.6) is 0 Å². The Bertz CT molecular complexity index is 1320. The molecule has 1 amide bonds. The summed E-state index contributed by atoms with van der Waals surface area (Å²) in [5, 5.41) is 0.248. The van der Waals surface area contributed by atoms with Crippen LogP contribution in [0.1, 0.15) is 39.2 Å². The van der Waals surface area contributed by atoms with Gasteiger partial charge in [0.25, 0.3) is 5.56 Å². The first-order chi connectivity index (χ1) is 16.6. The Morgan fingerprint density at radius 1 is 1.17 bits per heavy atom. The molecule has 4 heterocycles. The van der Waals surface area contributed by atoms with Crippen LogP contribution in [0.4, 0.5) is 14.9 Å². The lowest BCUT2D eigenvalue weighted by atomic mass is 10.1. The molecule has 0 spiro atoms. The first-order valence-electron chi connectivity index (χ1n) is 11.8. The number of hydrogen-bond acceptors (Lipinski definition) is 5. The van der Waals surface area contributed by atoms with E-state index in [1.165, 1.54) is 10.8 Å². The molecule has 2 aliphatic rings. The monoisotopic (exact) mass is 498 g/mol. The number of carbonyl (C=O) groups excluding carboxylic acids is 1. The van der Waals surface area contributed by atoms with E-state index in [0.717, 1.165) is 18.4 Å². The summed E-state index contributed by atoms with van der Waals surface area (Å²) in [6.45, 7) is 6.82. The molecular formula is C26H28ClFN4O3. The summed E-state index contributed by atoms with van der Waals surface area (Å²) >= 11 is 6.04. The Labute approximate surface area is 208 Å². The van der Waals surface area contributed by atoms with E-state index in [1.54, 1.807) is 6.07 Å². The number of ether oxygens (including phenoxy) is 1. The van der Waals surface area contributed by atoms with E-state index in [-0.39, 0.29) is 41.0 Å². The zero-order valence-electron chi connectivity index (χ0n) is 20.0. The van der Waals surface area contributed by atoms with Crippen molar-refractivity contribution in [2.45, 2.75) is 57.8 Å². The van der Waals surface area contributed by atoms with Crippen LogP contribution in [-0.2, 0) is 11.3 Å². The summed E-state index contributed by atoms with van der Waals surface area (Å²) in [4.78, 5) is 34.1. The van der Waals surface area contributed by atoms with Gasteiger partial charge in [0, 0.05) is 30.7 Å². The van der Waals surface area contributed by atoms with E-state index in [9.17, 15) is 9.59 Å². The molecule has 9 heteroatoms. The number of hydrogen-bond donors (Lipinski definition) is 0. The highest BCUT2D eigenvalue weighted by atomic mass is 35.5. The number of piperazine rings is 1. The van der Waals surface area contributed by atoms with Gasteiger partial charge in [-0.25, -0.2) is 14.2 Å². The van der Waals surface area contributed by atoms with Crippen molar-refractivity contribution in [1.82, 2.24) is 14.5 Å². The van der Waals surface area contributed by atoms with Crippen molar-refractivity contribution >= 4 is 34.3 Å². The second-order valence-corrected chi connectivity index (χ2v) is 10.6. The van der Waals surface area contributed by atoms with Gasteiger partial charge in [0.05, 0.1) is 29.8 Å². The maximum atomic E-state index is 15.3. The lowest BCUT2D eigenvalue weighted by Gasteiger charge is -2.42. The summed E-state index contributed by atoms with van der Waals surface area (Å²) in [5.41, 5.74) is 0.728. The molecule has 2 saturated heterocycles. The Kier molecular flexibility index (Phi) is 5.95. The number of amides is 1. The van der Waals surface area contributed by atoms with Crippen molar-refractivity contribution in [3.05, 3.63) is 69.5 Å². The molecule has 0 N–H and O–H groups in total. The van der Waals surface area contributed by atoms with Gasteiger partial charge in [-0.1, -0.05) is 41.9 Å². The molecule has 1 aromatic carbocycles. The second kappa shape index (κ2) is 8.82. The van der Waals surface area contributed by atoms with Crippen LogP contribution >= 0.6 is 11.6 Å². The summed E-state index contributed by atoms with van der Waals surface area (Å²) in [6.07, 6.45) is 2.91. The van der Waals surface area contributed by atoms with Crippen LogP contribution in [-0.4, -0.2) is 51.3 Å². The molecule has 184 valence electrons. The van der Waals surface area contributed by atoms with Gasteiger partial charge in [-0.3, -0.25) is 9.69 Å². The molecule has 35 heavy (non-hydrogen) atoms. The van der Waals surface area contributed by atoms with Crippen LogP contribution in [0.2, 0.25) is 5.15 Å². The van der Waals surface area contributed by atoms with Gasteiger partial charge in [0.15, 0.2) is 11.0 Å². The van der Waals surface area contributed by atoms with Gasteiger partial charge in [-0.15, -0.1) is 0 Å². The van der Waals surface area contributed by atoms with Crippen LogP contribution < -0.4 is 10.5 Å². The van der Waals surface area contributed by atoms with E-state index in [2.05, 4.69) is 9.88 Å². The molecule has 3 aromatic rings. The van der Waals surface area contributed by atoms with Crippen molar-refractivity contribution in [2.75, 3.05) is 18.0 Å². The van der Waals surface area contributed by atoms with E-state index in [0.29, 0.717) is 24.2 Å². The number of carbonyl (C=O) groups is 1. The minimum Gasteiger partial charge on any atom is -0.444 e. The third kappa shape index (κ3) is 4.47. The predicted octanol–water partition coefficient (Wildman–Crippen LogP) is 4.83. The van der Waals surface area contributed by atoms with E-state index >= 15 is 4.39 Å². The number of halogens is 2. The SMILES string of the molecule is CC(C)(C)OC(=O)N1[C@@H]2CC[C@H]1CN(c1cc(=O)n(Cc3ccccc3)c3c(F)c(Cl)ncc13)C2. The number of anilines is 1. The molecule has 2 fully saturated rings. The Morgan fingerprint density at radius 2 is 1.83 bits per heavy atom. The molecule has 5 rings (SSSR count). The normalized spacial score (nSPS) is 19.9. The first-order valence-corrected chi connectivity index (χ1v) is 12.2. The highest BCUT2D eigenvalue weighted by Gasteiger charge is 2.44. The lowest BCUT2D eigenvalue weighted by molar-refractivity contribution is 0.0123. The smallest absolute Gasteiger partial charge is 0.410 e. The number of rotatable bonds is 3. The third-order valence-corrected chi connectivity index (χ3v) is 6.90. The summed E-state index contributed by atoms with van der Waals surface area (Å²) in [6, 6.07) is 10.9. The van der Waals surface area contributed by atoms with Gasteiger partial charge in [0.1, 0.15) is 5.60 Å². The topological polar surface area (TPSA) is 67.7 Å². The number of fused-ring (bicyclic) bond motifs is 3. The Hall–Kier alpha value is -3.13. The zero-order chi connectivity index (χ0) is 24.9. The zero-order valence-corrected chi connectivity index (χ0v) is 20.8. The fourth-order valence-corrected chi connectivity index (χ4v) is 5.32. The number of benzene rings is 1. The quantitative estimate of drug-likeness (QED) is 0.484. The minimum atomic E-state index is -0.714. The van der Waals surface area contributed by atoms with Crippen molar-refractivity contribution < 1.29 is 13.9 Å². The summed E-state index contributed by atoms with van der Waals surface area (Å²) in [7, 11) is 0. The molecule has 2 aliphatic heterocycles. The van der Waals surface area contributed by atoms with Gasteiger partial charge in [-0.2, -0.15) is 0 Å². The van der Waals surface area contributed by atoms with Crippen LogP contribution in [0.25, 0.3) is 10.9 Å². The molecule has 2 aromatic heterocycles. The predicted molar refractivity (Wildman–Crippen MR) is 134 cm³/mol. The summed E-state index contributed by atoms with van der Waals surface area (Å²) < 4.78 is 22.4. The third-order valence-electron chi connectivity index (χ3n) is 6.63. The molecular weight excluding hydrogens is 471 g/mol. The maximum absolute atomic E-state index is 15.3. The number of pyridine rings is 2. The van der Waals surface area contributed by atoms with Crippen molar-refractivity contribution in [2.24, 2.45) is 0 Å². The van der Waals surface area contributed by atoms with Gasteiger partial charge in [-0.05, 0) is 39.2 Å². The standard InChI is InChI=1S/C26H28ClFN4O3/c1-26(2,3)35-25(34)32-17-9-10-18(32)15-30(14-17)20-11-21(33)31(13-16-7-5-4-6-8-16)23-19(20)12-29-24(27)22(23)28/h4-8,11-12,17-18H,9-10,13-15H2,1-3H3/t17-,18+. The molecule has 2 atom stereocenters. The highest BCUT2D eigenvalue weighted by molar-refractivity contribution is 6.30. The van der Waals surface area contributed by atoms with Crippen molar-refractivity contribution in [3.63, 3.8) is 0 Å². The number of nitrogens with zero attached hydrogens (tertiary/aromatic N) is 4. The van der Waals surface area contributed by atoms with Gasteiger partial charge < -0.3 is 14.2 Å². The van der Waals surface area contributed by atoms with Crippen LogP contribution in [0.3, 0.4) is 0 Å². The maximum Gasteiger partial charge on any atom is 0.410 e. The molecule has 7 nitrogen and oxygen atoms in total. The van der Waals surface area contributed by atoms with Crippen LogP contribution in [0, 0.1) is 5.82 Å². The van der Waals surface area contributed by atoms with Gasteiger partial charge in [0.2, 0.25) is 0 Å². The lowest BCUT2D eigenvalue weighted by Crippen LogP contribution is -2.57. The number of aromatic nitrogens is 2. The fraction of sp³-hybridized carbons (Fsp3) is 0.423. The van der Waals surface area contributed by atoms with Gasteiger partial charge >= 0.3 is 6.09 Å². The van der Waals surface area contributed by atoms with Crippen LogP contribution in [0.15, 0.2) is 47.4 Å². The second-order valence-electron chi connectivity index (χ2n) is 10.2. The molecule has 0 aliphatic carbocycles. The van der Waals surface area contributed by atoms with Crippen molar-refractivity contribution in [1.29, 1.82) is 0 Å². The van der Waals surface area contributed by atoms with E-state index in [4.69, 9.17) is 16.3 Å². The minimum absolute atomic E-state index is 0.0458. The summed E-state index contributed by atoms with van der Waals surface area (Å²) in [5.74, 6) is -0.714.